The molecule has 23 nitrogen and oxygen atoms in total. The van der Waals surface area contributed by atoms with Crippen molar-refractivity contribution in [2.24, 2.45) is 28.3 Å². The SMILES string of the molecule is C/C=C1\NC(=O)CCC(C(=O)O)NC(=O)[C@@H](C)C(/C=C/C(C)=C/[C@H](C)[C@H](Cc2ccccc2)OC)NC(=O)[C@H](Cc2ccc(O)cc2)NC(=O)C[C@H](C(=O)O)NC(=O)[C@H](CCCN=C(N)N)NC(=O)[C@@H](C)NC1=O. The number of hydrogen-bond donors (Lipinski definition) is 12. The van der Waals surface area contributed by atoms with Crippen LogP contribution in [0.15, 0.2) is 95.2 Å². The van der Waals surface area contributed by atoms with Gasteiger partial charge in [-0.05, 0) is 69.7 Å². The van der Waals surface area contributed by atoms with E-state index in [4.69, 9.17) is 16.2 Å². The molecule has 1 fully saturated rings. The Kier molecular flexibility index (Phi) is 24.5. The number of phenols is 1. The molecule has 0 aliphatic carbocycles. The number of carboxylic acids is 2. The van der Waals surface area contributed by atoms with Gasteiger partial charge in [-0.1, -0.05) is 86.2 Å². The first kappa shape index (κ1) is 60.2. The first-order valence-electron chi connectivity index (χ1n) is 24.0. The van der Waals surface area contributed by atoms with Gasteiger partial charge in [-0.15, -0.1) is 0 Å². The number of carboxylic acid groups (broad SMARTS) is 2. The van der Waals surface area contributed by atoms with Crippen LogP contribution in [0, 0.1) is 11.8 Å². The minimum atomic E-state index is -1.92. The number of benzene rings is 2. The Balaban J connectivity index is 2.12. The molecule has 1 aliphatic heterocycles. The lowest BCUT2D eigenvalue weighted by Crippen LogP contribution is -2.57. The molecule has 23 heteroatoms. The molecule has 7 amide bonds. The number of rotatable bonds is 15. The van der Waals surface area contributed by atoms with Gasteiger partial charge in [-0.3, -0.25) is 38.6 Å². The Morgan fingerprint density at radius 3 is 2.04 bits per heavy atom. The largest absolute Gasteiger partial charge is 0.508 e. The van der Waals surface area contributed by atoms with Crippen LogP contribution in [-0.4, -0.2) is 131 Å². The van der Waals surface area contributed by atoms with Crippen LogP contribution in [0.2, 0.25) is 0 Å². The van der Waals surface area contributed by atoms with Gasteiger partial charge in [0.25, 0.3) is 5.91 Å². The number of ether oxygens (including phenoxy) is 1. The highest BCUT2D eigenvalue weighted by molar-refractivity contribution is 6.00. The maximum Gasteiger partial charge on any atom is 0.326 e. The molecule has 2 unspecified atom stereocenters. The Morgan fingerprint density at radius 1 is 0.797 bits per heavy atom. The molecule has 402 valence electrons. The zero-order chi connectivity index (χ0) is 55.1. The van der Waals surface area contributed by atoms with Crippen LogP contribution >= 0.6 is 0 Å². The topological polar surface area (TPSA) is 372 Å². The molecule has 74 heavy (non-hydrogen) atoms. The minimum Gasteiger partial charge on any atom is -0.508 e. The third-order valence-corrected chi connectivity index (χ3v) is 12.0. The second-order valence-corrected chi connectivity index (χ2v) is 17.9. The summed E-state index contributed by atoms with van der Waals surface area (Å²) in [6, 6.07) is 6.31. The van der Waals surface area contributed by atoms with Crippen molar-refractivity contribution in [1.82, 2.24) is 37.2 Å². The van der Waals surface area contributed by atoms with Gasteiger partial charge in [0.1, 0.15) is 41.7 Å². The Hall–Kier alpha value is -8.08. The van der Waals surface area contributed by atoms with E-state index in [9.17, 15) is 58.5 Å². The number of allylic oxidation sites excluding steroid dienone is 3. The number of nitrogens with two attached hydrogens (primary N) is 2. The summed E-state index contributed by atoms with van der Waals surface area (Å²) in [6.07, 6.45) is 4.53. The number of carbonyl (C=O) groups is 9. The number of amides is 7. The van der Waals surface area contributed by atoms with E-state index >= 15 is 0 Å². The van der Waals surface area contributed by atoms with Crippen molar-refractivity contribution < 1.29 is 63.2 Å². The molecule has 9 atom stereocenters. The number of nitrogens with one attached hydrogen (secondary N) is 7. The number of aliphatic carboxylic acids is 2. The van der Waals surface area contributed by atoms with E-state index in [1.165, 1.54) is 57.2 Å². The minimum absolute atomic E-state index is 0.000245. The average molecular weight is 1030 g/mol. The van der Waals surface area contributed by atoms with Gasteiger partial charge in [0.15, 0.2) is 5.96 Å². The van der Waals surface area contributed by atoms with Gasteiger partial charge in [-0.2, -0.15) is 0 Å². The van der Waals surface area contributed by atoms with Gasteiger partial charge < -0.3 is 68.7 Å². The molecule has 0 spiro atoms. The first-order chi connectivity index (χ1) is 35.0. The molecule has 0 saturated carbocycles. The Labute approximate surface area is 429 Å². The predicted octanol–water partition coefficient (Wildman–Crippen LogP) is 0.323. The maximum atomic E-state index is 14.5. The van der Waals surface area contributed by atoms with Crippen molar-refractivity contribution in [3.8, 4) is 5.75 Å². The highest BCUT2D eigenvalue weighted by Crippen LogP contribution is 2.19. The van der Waals surface area contributed by atoms with Gasteiger partial charge in [0, 0.05) is 32.4 Å². The molecule has 0 radical (unpaired) electrons. The van der Waals surface area contributed by atoms with Crippen LogP contribution in [-0.2, 0) is 60.7 Å². The molecule has 1 aliphatic rings. The highest BCUT2D eigenvalue weighted by atomic mass is 16.5. The van der Waals surface area contributed by atoms with E-state index in [0.29, 0.717) is 17.6 Å². The summed E-state index contributed by atoms with van der Waals surface area (Å²) in [5.41, 5.74) is 12.7. The number of phenolic OH excluding ortho intramolecular Hbond substituents is 1. The van der Waals surface area contributed by atoms with E-state index in [2.05, 4.69) is 42.2 Å². The summed E-state index contributed by atoms with van der Waals surface area (Å²) in [5, 5.41) is 47.6. The molecular weight excluding hydrogens is 961 g/mol. The molecule has 2 aromatic carbocycles. The van der Waals surface area contributed by atoms with Crippen LogP contribution in [0.25, 0.3) is 0 Å². The lowest BCUT2D eigenvalue weighted by molar-refractivity contribution is -0.144. The van der Waals surface area contributed by atoms with Crippen molar-refractivity contribution >= 4 is 59.2 Å². The van der Waals surface area contributed by atoms with Crippen molar-refractivity contribution in [2.75, 3.05) is 13.7 Å². The third kappa shape index (κ3) is 20.6. The molecule has 0 bridgehead atoms. The van der Waals surface area contributed by atoms with Crippen molar-refractivity contribution in [2.45, 2.75) is 122 Å². The lowest BCUT2D eigenvalue weighted by atomic mass is 9.94. The lowest BCUT2D eigenvalue weighted by Gasteiger charge is -2.27. The molecule has 0 aromatic heterocycles. The standard InChI is InChI=1S/C51H70N10O13/c1-7-35-46(67)55-31(5)45(66)59-37(14-11-23-54-51(52)53)47(68)61-40(50(72)73)27-43(64)57-39(25-33-16-18-34(62)19-17-33)48(69)58-36(30(4)44(65)60-38(49(70)71)21-22-42(63)56-35)20-15-28(2)24-29(3)41(74-6)26-32-12-9-8-10-13-32/h7-10,12-13,15-20,24,29-31,36-41,62H,11,14,21-23,25-27H2,1-6H3,(H,55,67)(H,56,63)(H,57,64)(H,58,69)(H,59,66)(H,60,65)(H,61,68)(H,70,71)(H,72,73)(H4,52,53,54)/b20-15+,28-24+,35-7-/t29-,30-,31+,36?,37-,38?,39-,40+,41-/m0/s1. The van der Waals surface area contributed by atoms with E-state index in [1.54, 1.807) is 20.1 Å². The maximum absolute atomic E-state index is 14.5. The number of guanidine groups is 1. The highest BCUT2D eigenvalue weighted by Gasteiger charge is 2.34. The Bertz CT molecular complexity index is 2420. The summed E-state index contributed by atoms with van der Waals surface area (Å²) >= 11 is 0. The van der Waals surface area contributed by atoms with Gasteiger partial charge >= 0.3 is 11.9 Å². The smallest absolute Gasteiger partial charge is 0.326 e. The van der Waals surface area contributed by atoms with Crippen molar-refractivity contribution in [3.63, 3.8) is 0 Å². The molecular formula is C51H70N10O13. The second kappa shape index (κ2) is 30.1. The molecule has 1 saturated heterocycles. The predicted molar refractivity (Wildman–Crippen MR) is 272 cm³/mol. The number of nitrogens with zero attached hydrogens (tertiary/aromatic N) is 1. The van der Waals surface area contributed by atoms with Gasteiger partial charge in [0.05, 0.1) is 24.5 Å². The summed E-state index contributed by atoms with van der Waals surface area (Å²) < 4.78 is 5.82. The second-order valence-electron chi connectivity index (χ2n) is 17.9. The number of hydrogen-bond acceptors (Lipinski definition) is 12. The fourth-order valence-electron chi connectivity index (χ4n) is 7.64. The monoisotopic (exact) mass is 1030 g/mol. The molecule has 2 aromatic rings. The van der Waals surface area contributed by atoms with E-state index in [1.807, 2.05) is 43.3 Å². The Morgan fingerprint density at radius 2 is 1.43 bits per heavy atom. The number of carbonyl (C=O) groups excluding carboxylic acids is 7. The summed E-state index contributed by atoms with van der Waals surface area (Å²) in [4.78, 5) is 125. The van der Waals surface area contributed by atoms with Crippen LogP contribution in [0.5, 0.6) is 5.75 Å². The summed E-state index contributed by atoms with van der Waals surface area (Å²) in [6.45, 7) is 7.85. The van der Waals surface area contributed by atoms with Crippen LogP contribution < -0.4 is 48.7 Å². The quantitative estimate of drug-likeness (QED) is 0.0376. The fraction of sp³-hybridized carbons (Fsp3) is 0.451. The fourth-order valence-corrected chi connectivity index (χ4v) is 7.64. The van der Waals surface area contributed by atoms with E-state index in [-0.39, 0.29) is 55.2 Å². The van der Waals surface area contributed by atoms with Gasteiger partial charge in [-0.25, -0.2) is 9.59 Å². The normalized spacial score (nSPS) is 24.0. The summed E-state index contributed by atoms with van der Waals surface area (Å²) in [5.74, 6) is -11.3. The zero-order valence-electron chi connectivity index (χ0n) is 42.4. The van der Waals surface area contributed by atoms with E-state index < -0.39 is 115 Å². The van der Waals surface area contributed by atoms with E-state index in [0.717, 1.165) is 5.56 Å². The van der Waals surface area contributed by atoms with Gasteiger partial charge in [0.2, 0.25) is 35.4 Å². The van der Waals surface area contributed by atoms with Crippen molar-refractivity contribution in [1.29, 1.82) is 0 Å². The van der Waals surface area contributed by atoms with Crippen LogP contribution in [0.3, 0.4) is 0 Å². The van der Waals surface area contributed by atoms with Crippen molar-refractivity contribution in [3.05, 3.63) is 101 Å². The number of aromatic hydroxyl groups is 1. The average Bonchev–Trinajstić information content (AvgIpc) is 3.35. The zero-order valence-corrected chi connectivity index (χ0v) is 42.4. The summed E-state index contributed by atoms with van der Waals surface area (Å²) in [7, 11) is 1.60. The molecule has 3 rings (SSSR count). The molecule has 14 N–H and O–H groups in total. The van der Waals surface area contributed by atoms with Crippen LogP contribution in [0.4, 0.5) is 0 Å². The first-order valence-corrected chi connectivity index (χ1v) is 24.0. The van der Waals surface area contributed by atoms with Crippen LogP contribution in [0.1, 0.15) is 77.8 Å². The number of methoxy groups -OCH3 is 1. The molecule has 1 heterocycles. The number of aliphatic imine (C=N–C) groups is 1. The third-order valence-electron chi connectivity index (χ3n) is 12.0.